The molecule has 0 saturated heterocycles. The maximum Gasteiger partial charge on any atom is 0.266 e. The zero-order chi connectivity index (χ0) is 18.9. The predicted molar refractivity (Wildman–Crippen MR) is 108 cm³/mol. The van der Waals surface area contributed by atoms with Crippen molar-refractivity contribution < 1.29 is 9.53 Å². The van der Waals surface area contributed by atoms with Gasteiger partial charge in [-0.3, -0.25) is 4.79 Å². The molecule has 0 aliphatic carbocycles. The Bertz CT molecular complexity index is 859. The number of rotatable bonds is 7. The van der Waals surface area contributed by atoms with Crippen molar-refractivity contribution in [1.29, 1.82) is 5.26 Å². The standard InChI is InChI=1S/C20H18BrClN2O2/c1-2-3-10-26-19-9-8-16(21)12-14(19)11-15(13-23)20(25)24-18-7-5-4-6-17(18)22/h4-9,11-12H,2-3,10H2,1H3,(H,24,25)/b15-11+. The van der Waals surface area contributed by atoms with E-state index in [0.29, 0.717) is 28.6 Å². The maximum absolute atomic E-state index is 12.4. The highest BCUT2D eigenvalue weighted by molar-refractivity contribution is 9.10. The Balaban J connectivity index is 2.27. The van der Waals surface area contributed by atoms with Crippen molar-refractivity contribution in [1.82, 2.24) is 0 Å². The van der Waals surface area contributed by atoms with Crippen molar-refractivity contribution in [2.75, 3.05) is 11.9 Å². The number of hydrogen-bond acceptors (Lipinski definition) is 3. The van der Waals surface area contributed by atoms with Gasteiger partial charge in [0.2, 0.25) is 0 Å². The minimum Gasteiger partial charge on any atom is -0.493 e. The van der Waals surface area contributed by atoms with Crippen LogP contribution in [0, 0.1) is 11.3 Å². The molecule has 6 heteroatoms. The van der Waals surface area contributed by atoms with E-state index in [4.69, 9.17) is 16.3 Å². The lowest BCUT2D eigenvalue weighted by atomic mass is 10.1. The van der Waals surface area contributed by atoms with Crippen LogP contribution in [0.5, 0.6) is 5.75 Å². The van der Waals surface area contributed by atoms with Crippen LogP contribution in [0.25, 0.3) is 6.08 Å². The monoisotopic (exact) mass is 432 g/mol. The molecule has 2 aromatic rings. The summed E-state index contributed by atoms with van der Waals surface area (Å²) >= 11 is 9.45. The van der Waals surface area contributed by atoms with Crippen LogP contribution in [0.2, 0.25) is 5.02 Å². The van der Waals surface area contributed by atoms with Crippen molar-refractivity contribution in [2.45, 2.75) is 19.8 Å². The van der Waals surface area contributed by atoms with Gasteiger partial charge < -0.3 is 10.1 Å². The summed E-state index contributed by atoms with van der Waals surface area (Å²) in [5.41, 5.74) is 1.07. The van der Waals surface area contributed by atoms with Crippen LogP contribution in [0.4, 0.5) is 5.69 Å². The second kappa shape index (κ2) is 10.0. The number of amides is 1. The number of halogens is 2. The smallest absolute Gasteiger partial charge is 0.266 e. The summed E-state index contributed by atoms with van der Waals surface area (Å²) in [6.07, 6.45) is 3.46. The van der Waals surface area contributed by atoms with Gasteiger partial charge in [0.15, 0.2) is 0 Å². The van der Waals surface area contributed by atoms with Crippen LogP contribution in [-0.2, 0) is 4.79 Å². The predicted octanol–water partition coefficient (Wildman–Crippen LogP) is 5.83. The Morgan fingerprint density at radius 1 is 1.35 bits per heavy atom. The first kappa shape index (κ1) is 20.0. The van der Waals surface area contributed by atoms with Gasteiger partial charge in [0, 0.05) is 10.0 Å². The molecule has 134 valence electrons. The molecule has 2 aromatic carbocycles. The first-order chi connectivity index (χ1) is 12.5. The first-order valence-electron chi connectivity index (χ1n) is 8.15. The van der Waals surface area contributed by atoms with Crippen LogP contribution in [-0.4, -0.2) is 12.5 Å². The van der Waals surface area contributed by atoms with Crippen LogP contribution in [0.3, 0.4) is 0 Å². The number of benzene rings is 2. The molecule has 0 bridgehead atoms. The number of carbonyl (C=O) groups excluding carboxylic acids is 1. The molecule has 0 radical (unpaired) electrons. The molecule has 0 unspecified atom stereocenters. The van der Waals surface area contributed by atoms with Gasteiger partial charge in [-0.15, -0.1) is 0 Å². The second-order valence-corrected chi connectivity index (χ2v) is 6.81. The molecular weight excluding hydrogens is 416 g/mol. The van der Waals surface area contributed by atoms with Gasteiger partial charge >= 0.3 is 0 Å². The summed E-state index contributed by atoms with van der Waals surface area (Å²) < 4.78 is 6.60. The number of nitriles is 1. The van der Waals surface area contributed by atoms with Gasteiger partial charge in [-0.25, -0.2) is 0 Å². The summed E-state index contributed by atoms with van der Waals surface area (Å²) in [5, 5.41) is 12.5. The molecule has 4 nitrogen and oxygen atoms in total. The molecule has 0 spiro atoms. The number of nitrogens with one attached hydrogen (secondary N) is 1. The van der Waals surface area contributed by atoms with E-state index in [0.717, 1.165) is 17.3 Å². The quantitative estimate of drug-likeness (QED) is 0.339. The molecule has 0 heterocycles. The van der Waals surface area contributed by atoms with Crippen LogP contribution >= 0.6 is 27.5 Å². The van der Waals surface area contributed by atoms with Gasteiger partial charge in [-0.1, -0.05) is 53.0 Å². The Hall–Kier alpha value is -2.29. The number of anilines is 1. The third-order valence-corrected chi connectivity index (χ3v) is 4.34. The maximum atomic E-state index is 12.4. The Labute approximate surface area is 166 Å². The van der Waals surface area contributed by atoms with Crippen LogP contribution < -0.4 is 10.1 Å². The molecule has 1 amide bonds. The zero-order valence-corrected chi connectivity index (χ0v) is 16.6. The van der Waals surface area contributed by atoms with E-state index in [-0.39, 0.29) is 5.57 Å². The summed E-state index contributed by atoms with van der Waals surface area (Å²) in [4.78, 5) is 12.4. The van der Waals surface area contributed by atoms with Gasteiger partial charge in [0.1, 0.15) is 17.4 Å². The van der Waals surface area contributed by atoms with Crippen molar-refractivity contribution in [2.24, 2.45) is 0 Å². The molecule has 0 saturated carbocycles. The van der Waals surface area contributed by atoms with E-state index < -0.39 is 5.91 Å². The lowest BCUT2D eigenvalue weighted by Crippen LogP contribution is -2.13. The molecule has 1 N–H and O–H groups in total. The lowest BCUT2D eigenvalue weighted by Gasteiger charge is -2.10. The molecule has 0 atom stereocenters. The normalized spacial score (nSPS) is 10.9. The lowest BCUT2D eigenvalue weighted by molar-refractivity contribution is -0.112. The molecule has 0 aliphatic rings. The third kappa shape index (κ3) is 5.62. The highest BCUT2D eigenvalue weighted by Gasteiger charge is 2.13. The molecular formula is C20H18BrClN2O2. The number of carbonyl (C=O) groups is 1. The molecule has 2 rings (SSSR count). The number of unbranched alkanes of at least 4 members (excludes halogenated alkanes) is 1. The van der Waals surface area contributed by atoms with E-state index in [9.17, 15) is 10.1 Å². The topological polar surface area (TPSA) is 62.1 Å². The van der Waals surface area contributed by atoms with Gasteiger partial charge in [-0.05, 0) is 42.8 Å². The average molecular weight is 434 g/mol. The summed E-state index contributed by atoms with van der Waals surface area (Å²) in [7, 11) is 0. The van der Waals surface area contributed by atoms with E-state index in [2.05, 4.69) is 28.2 Å². The number of nitrogens with zero attached hydrogens (tertiary/aromatic N) is 1. The number of para-hydroxylation sites is 1. The fourth-order valence-corrected chi connectivity index (χ4v) is 2.71. The minimum atomic E-state index is -0.528. The third-order valence-electron chi connectivity index (χ3n) is 3.51. The van der Waals surface area contributed by atoms with Crippen LogP contribution in [0.1, 0.15) is 25.3 Å². The van der Waals surface area contributed by atoms with E-state index in [1.54, 1.807) is 30.3 Å². The average Bonchev–Trinajstić information content (AvgIpc) is 2.63. The molecule has 0 aliphatic heterocycles. The van der Waals surface area contributed by atoms with E-state index in [1.807, 2.05) is 18.2 Å². The summed E-state index contributed by atoms with van der Waals surface area (Å²) in [6, 6.07) is 14.3. The van der Waals surface area contributed by atoms with Crippen molar-refractivity contribution in [3.05, 3.63) is 63.1 Å². The first-order valence-corrected chi connectivity index (χ1v) is 9.32. The summed E-state index contributed by atoms with van der Waals surface area (Å²) in [6.45, 7) is 2.66. The molecule has 0 fully saturated rings. The zero-order valence-electron chi connectivity index (χ0n) is 14.3. The molecule has 26 heavy (non-hydrogen) atoms. The highest BCUT2D eigenvalue weighted by Crippen LogP contribution is 2.27. The van der Waals surface area contributed by atoms with Crippen molar-refractivity contribution in [3.63, 3.8) is 0 Å². The van der Waals surface area contributed by atoms with E-state index in [1.165, 1.54) is 6.08 Å². The number of hydrogen-bond donors (Lipinski definition) is 1. The summed E-state index contributed by atoms with van der Waals surface area (Å²) in [5.74, 6) is 0.0972. The van der Waals surface area contributed by atoms with E-state index >= 15 is 0 Å². The highest BCUT2D eigenvalue weighted by atomic mass is 79.9. The fourth-order valence-electron chi connectivity index (χ4n) is 2.15. The minimum absolute atomic E-state index is 0.0386. The fraction of sp³-hybridized carbons (Fsp3) is 0.200. The Kier molecular flexibility index (Phi) is 7.71. The van der Waals surface area contributed by atoms with Crippen molar-refractivity contribution in [3.8, 4) is 11.8 Å². The molecule has 0 aromatic heterocycles. The largest absolute Gasteiger partial charge is 0.493 e. The van der Waals surface area contributed by atoms with Crippen molar-refractivity contribution >= 4 is 45.2 Å². The Morgan fingerprint density at radius 3 is 2.81 bits per heavy atom. The van der Waals surface area contributed by atoms with Gasteiger partial charge in [0.05, 0.1) is 17.3 Å². The number of ether oxygens (including phenoxy) is 1. The van der Waals surface area contributed by atoms with Crippen LogP contribution in [0.15, 0.2) is 52.5 Å². The SMILES string of the molecule is CCCCOc1ccc(Br)cc1/C=C(\C#N)C(=O)Nc1ccccc1Cl. The Morgan fingerprint density at radius 2 is 2.12 bits per heavy atom. The second-order valence-electron chi connectivity index (χ2n) is 5.49. The van der Waals surface area contributed by atoms with Gasteiger partial charge in [-0.2, -0.15) is 5.26 Å². The van der Waals surface area contributed by atoms with Gasteiger partial charge in [0.25, 0.3) is 5.91 Å².